The molecule has 3 N–H and O–H groups in total. The molecule has 0 fully saturated rings. The SMILES string of the molecule is CNC(=O)C(C)Oc1c(Cl)cc(Cl)cc1CC(C)N. The van der Waals surface area contributed by atoms with E-state index in [4.69, 9.17) is 33.7 Å². The van der Waals surface area contributed by atoms with Crippen LogP contribution >= 0.6 is 23.2 Å². The number of carbonyl (C=O) groups excluding carboxylic acids is 1. The highest BCUT2D eigenvalue weighted by molar-refractivity contribution is 6.35. The van der Waals surface area contributed by atoms with Gasteiger partial charge in [0, 0.05) is 18.1 Å². The maximum atomic E-state index is 11.5. The summed E-state index contributed by atoms with van der Waals surface area (Å²) in [6, 6.07) is 3.27. The Bertz CT molecular complexity index is 464. The van der Waals surface area contributed by atoms with Crippen molar-refractivity contribution in [2.24, 2.45) is 5.73 Å². The Kier molecular flexibility index (Phi) is 5.91. The van der Waals surface area contributed by atoms with E-state index in [1.807, 2.05) is 6.92 Å². The summed E-state index contributed by atoms with van der Waals surface area (Å²) in [7, 11) is 1.55. The van der Waals surface area contributed by atoms with Gasteiger partial charge in [-0.15, -0.1) is 0 Å². The second kappa shape index (κ2) is 6.98. The Labute approximate surface area is 123 Å². The van der Waals surface area contributed by atoms with Crippen LogP contribution in [0.15, 0.2) is 12.1 Å². The van der Waals surface area contributed by atoms with Gasteiger partial charge in [0.15, 0.2) is 6.10 Å². The fraction of sp³-hybridized carbons (Fsp3) is 0.462. The number of carbonyl (C=O) groups is 1. The molecule has 1 amide bonds. The first-order valence-electron chi connectivity index (χ1n) is 5.97. The number of hydrogen-bond acceptors (Lipinski definition) is 3. The van der Waals surface area contributed by atoms with Gasteiger partial charge in [-0.2, -0.15) is 0 Å². The van der Waals surface area contributed by atoms with E-state index in [1.165, 1.54) is 0 Å². The summed E-state index contributed by atoms with van der Waals surface area (Å²) in [5, 5.41) is 3.41. The van der Waals surface area contributed by atoms with Crippen molar-refractivity contribution < 1.29 is 9.53 Å². The molecule has 0 aliphatic heterocycles. The molecule has 0 bridgehead atoms. The number of halogens is 2. The molecule has 0 saturated carbocycles. The summed E-state index contributed by atoms with van der Waals surface area (Å²) in [4.78, 5) is 11.5. The molecule has 0 spiro atoms. The van der Waals surface area contributed by atoms with Crippen molar-refractivity contribution in [3.63, 3.8) is 0 Å². The van der Waals surface area contributed by atoms with Crippen molar-refractivity contribution >= 4 is 29.1 Å². The third kappa shape index (κ3) is 4.56. The summed E-state index contributed by atoms with van der Waals surface area (Å²) in [5.74, 6) is 0.234. The molecule has 6 heteroatoms. The molecular formula is C13H18Cl2N2O2. The molecule has 106 valence electrons. The summed E-state index contributed by atoms with van der Waals surface area (Å²) in [6.45, 7) is 3.53. The van der Waals surface area contributed by atoms with Crippen LogP contribution < -0.4 is 15.8 Å². The van der Waals surface area contributed by atoms with E-state index < -0.39 is 6.10 Å². The minimum atomic E-state index is -0.643. The van der Waals surface area contributed by atoms with Gasteiger partial charge in [0.25, 0.3) is 5.91 Å². The van der Waals surface area contributed by atoms with E-state index in [1.54, 1.807) is 26.1 Å². The topological polar surface area (TPSA) is 64.3 Å². The molecule has 0 heterocycles. The summed E-state index contributed by atoms with van der Waals surface area (Å²) < 4.78 is 5.63. The molecule has 0 saturated heterocycles. The van der Waals surface area contributed by atoms with Crippen LogP contribution in [0.25, 0.3) is 0 Å². The van der Waals surface area contributed by atoms with Gasteiger partial charge in [-0.05, 0) is 38.0 Å². The molecule has 0 aliphatic carbocycles. The summed E-state index contributed by atoms with van der Waals surface area (Å²) in [5.41, 5.74) is 6.58. The molecule has 19 heavy (non-hydrogen) atoms. The molecule has 0 aromatic heterocycles. The maximum Gasteiger partial charge on any atom is 0.260 e. The van der Waals surface area contributed by atoms with E-state index in [0.29, 0.717) is 22.2 Å². The molecule has 2 atom stereocenters. The van der Waals surface area contributed by atoms with Gasteiger partial charge in [0.05, 0.1) is 5.02 Å². The molecule has 0 radical (unpaired) electrons. The number of likely N-dealkylation sites (N-methyl/N-ethyl adjacent to an activating group) is 1. The van der Waals surface area contributed by atoms with Crippen LogP contribution in [0.2, 0.25) is 10.0 Å². The molecular weight excluding hydrogens is 287 g/mol. The van der Waals surface area contributed by atoms with Crippen molar-refractivity contribution in [1.82, 2.24) is 5.32 Å². The highest BCUT2D eigenvalue weighted by Crippen LogP contribution is 2.33. The number of ether oxygens (including phenoxy) is 1. The number of nitrogens with two attached hydrogens (primary N) is 1. The second-order valence-corrected chi connectivity index (χ2v) is 5.28. The standard InChI is InChI=1S/C13H18Cl2N2O2/c1-7(16)4-9-5-10(14)6-11(15)12(9)19-8(2)13(18)17-3/h5-8H,4,16H2,1-3H3,(H,17,18). The highest BCUT2D eigenvalue weighted by atomic mass is 35.5. The highest BCUT2D eigenvalue weighted by Gasteiger charge is 2.18. The van der Waals surface area contributed by atoms with Gasteiger partial charge >= 0.3 is 0 Å². The summed E-state index contributed by atoms with van der Waals surface area (Å²) in [6.07, 6.45) is -0.0775. The zero-order valence-electron chi connectivity index (χ0n) is 11.2. The molecule has 1 rings (SSSR count). The fourth-order valence-electron chi connectivity index (χ4n) is 1.68. The predicted molar refractivity (Wildman–Crippen MR) is 78.0 cm³/mol. The van der Waals surface area contributed by atoms with Gasteiger partial charge < -0.3 is 15.8 Å². The van der Waals surface area contributed by atoms with Crippen LogP contribution in [-0.2, 0) is 11.2 Å². The monoisotopic (exact) mass is 304 g/mol. The number of rotatable bonds is 5. The molecule has 0 aliphatic rings. The van der Waals surface area contributed by atoms with E-state index in [0.717, 1.165) is 5.56 Å². The Balaban J connectivity index is 3.07. The number of amides is 1. The van der Waals surface area contributed by atoms with Crippen LogP contribution in [0, 0.1) is 0 Å². The van der Waals surface area contributed by atoms with Crippen molar-refractivity contribution in [3.8, 4) is 5.75 Å². The third-order valence-electron chi connectivity index (χ3n) is 2.54. The largest absolute Gasteiger partial charge is 0.479 e. The Morgan fingerprint density at radius 2 is 2.05 bits per heavy atom. The van der Waals surface area contributed by atoms with Gasteiger partial charge in [0.1, 0.15) is 5.75 Å². The lowest BCUT2D eigenvalue weighted by Crippen LogP contribution is -2.34. The van der Waals surface area contributed by atoms with Gasteiger partial charge in [0.2, 0.25) is 0 Å². The van der Waals surface area contributed by atoms with Gasteiger partial charge in [-0.3, -0.25) is 4.79 Å². The normalized spacial score (nSPS) is 13.8. The molecule has 1 aromatic carbocycles. The first kappa shape index (κ1) is 16.1. The van der Waals surface area contributed by atoms with Crippen LogP contribution in [-0.4, -0.2) is 25.1 Å². The minimum absolute atomic E-state index is 0.0628. The first-order valence-corrected chi connectivity index (χ1v) is 6.72. The van der Waals surface area contributed by atoms with Gasteiger partial charge in [-0.25, -0.2) is 0 Å². The van der Waals surface area contributed by atoms with Crippen LogP contribution in [0.1, 0.15) is 19.4 Å². The van der Waals surface area contributed by atoms with Gasteiger partial charge in [-0.1, -0.05) is 23.2 Å². The van der Waals surface area contributed by atoms with Crippen LogP contribution in [0.5, 0.6) is 5.75 Å². The van der Waals surface area contributed by atoms with E-state index in [9.17, 15) is 4.79 Å². The Morgan fingerprint density at radius 3 is 2.58 bits per heavy atom. The lowest BCUT2D eigenvalue weighted by atomic mass is 10.1. The average molecular weight is 305 g/mol. The van der Waals surface area contributed by atoms with Crippen LogP contribution in [0.3, 0.4) is 0 Å². The third-order valence-corrected chi connectivity index (χ3v) is 3.04. The van der Waals surface area contributed by atoms with E-state index in [2.05, 4.69) is 5.32 Å². The lowest BCUT2D eigenvalue weighted by molar-refractivity contribution is -0.126. The quantitative estimate of drug-likeness (QED) is 0.878. The van der Waals surface area contributed by atoms with Crippen molar-refractivity contribution in [3.05, 3.63) is 27.7 Å². The number of nitrogens with one attached hydrogen (secondary N) is 1. The zero-order valence-corrected chi connectivity index (χ0v) is 12.7. The predicted octanol–water partition coefficient (Wildman–Crippen LogP) is 2.40. The molecule has 4 nitrogen and oxygen atoms in total. The smallest absolute Gasteiger partial charge is 0.260 e. The number of hydrogen-bond donors (Lipinski definition) is 2. The second-order valence-electron chi connectivity index (χ2n) is 4.43. The Hall–Kier alpha value is -0.970. The average Bonchev–Trinajstić information content (AvgIpc) is 2.31. The lowest BCUT2D eigenvalue weighted by Gasteiger charge is -2.19. The molecule has 2 unspecified atom stereocenters. The number of benzene rings is 1. The first-order chi connectivity index (χ1) is 8.85. The Morgan fingerprint density at radius 1 is 1.42 bits per heavy atom. The molecule has 1 aromatic rings. The van der Waals surface area contributed by atoms with Crippen molar-refractivity contribution in [2.75, 3.05) is 7.05 Å². The van der Waals surface area contributed by atoms with Crippen molar-refractivity contribution in [2.45, 2.75) is 32.4 Å². The van der Waals surface area contributed by atoms with Crippen LogP contribution in [0.4, 0.5) is 0 Å². The fourth-order valence-corrected chi connectivity index (χ4v) is 2.26. The maximum absolute atomic E-state index is 11.5. The van der Waals surface area contributed by atoms with E-state index in [-0.39, 0.29) is 11.9 Å². The zero-order chi connectivity index (χ0) is 14.6. The minimum Gasteiger partial charge on any atom is -0.479 e. The summed E-state index contributed by atoms with van der Waals surface area (Å²) >= 11 is 12.1. The van der Waals surface area contributed by atoms with E-state index >= 15 is 0 Å². The van der Waals surface area contributed by atoms with Crippen molar-refractivity contribution in [1.29, 1.82) is 0 Å².